The van der Waals surface area contributed by atoms with E-state index < -0.39 is 0 Å². The van der Waals surface area contributed by atoms with Crippen molar-refractivity contribution in [2.24, 2.45) is 5.92 Å². The van der Waals surface area contributed by atoms with Crippen molar-refractivity contribution in [1.82, 2.24) is 10.2 Å². The lowest BCUT2D eigenvalue weighted by molar-refractivity contribution is 0.0800. The number of nitrogens with zero attached hydrogens (tertiary/aromatic N) is 1. The topological polar surface area (TPSA) is 78.9 Å². The number of piperidine rings is 1. The molecule has 1 heterocycles. The summed E-state index contributed by atoms with van der Waals surface area (Å²) in [4.78, 5) is 26.2. The first-order valence-corrected chi connectivity index (χ1v) is 10.3. The first-order valence-electron chi connectivity index (χ1n) is 9.25. The largest absolute Gasteiger partial charge is 0.507 e. The highest BCUT2D eigenvalue weighted by Gasteiger charge is 2.24. The zero-order valence-corrected chi connectivity index (χ0v) is 17.6. The van der Waals surface area contributed by atoms with Gasteiger partial charge in [-0.2, -0.15) is 0 Å². The lowest BCUT2D eigenvalue weighted by Gasteiger charge is -2.31. The number of phenolic OH excluding ortho intramolecular Hbond substituents is 1. The molecular formula is C21H23IN2O4. The average Bonchev–Trinajstić information content (AvgIpc) is 2.73. The minimum absolute atomic E-state index is 0.150. The van der Waals surface area contributed by atoms with Crippen LogP contribution in [0.5, 0.6) is 5.75 Å². The highest BCUT2D eigenvalue weighted by Crippen LogP contribution is 2.21. The van der Waals surface area contributed by atoms with Gasteiger partial charge in [0.1, 0.15) is 12.4 Å². The highest BCUT2D eigenvalue weighted by molar-refractivity contribution is 14.1. The summed E-state index contributed by atoms with van der Waals surface area (Å²) in [5.41, 5.74) is 1.50. The Morgan fingerprint density at radius 1 is 1.14 bits per heavy atom. The molecule has 1 aliphatic heterocycles. The second kappa shape index (κ2) is 9.77. The Kier molecular flexibility index (Phi) is 7.13. The van der Waals surface area contributed by atoms with Gasteiger partial charge >= 0.3 is 6.09 Å². The number of phenols is 1. The molecule has 0 saturated carbocycles. The summed E-state index contributed by atoms with van der Waals surface area (Å²) in [6.45, 7) is 2.11. The maximum atomic E-state index is 12.3. The van der Waals surface area contributed by atoms with E-state index in [4.69, 9.17) is 4.74 Å². The predicted octanol–water partition coefficient (Wildman–Crippen LogP) is 3.78. The van der Waals surface area contributed by atoms with Crippen LogP contribution in [0, 0.1) is 9.49 Å². The van der Waals surface area contributed by atoms with Crippen LogP contribution >= 0.6 is 22.6 Å². The Morgan fingerprint density at radius 2 is 1.86 bits per heavy atom. The number of ether oxygens (including phenoxy) is 1. The molecule has 0 atom stereocenters. The number of halogens is 1. The lowest BCUT2D eigenvalue weighted by atomic mass is 9.97. The van der Waals surface area contributed by atoms with Gasteiger partial charge in [0.05, 0.1) is 3.57 Å². The number of hydrogen-bond donors (Lipinski definition) is 2. The Bertz CT molecular complexity index is 820. The molecule has 0 bridgehead atoms. The fraction of sp³-hybridized carbons (Fsp3) is 0.333. The zero-order valence-electron chi connectivity index (χ0n) is 15.4. The third-order valence-electron chi connectivity index (χ3n) is 4.84. The van der Waals surface area contributed by atoms with Crippen molar-refractivity contribution in [3.05, 3.63) is 63.2 Å². The number of benzene rings is 2. The van der Waals surface area contributed by atoms with Gasteiger partial charge in [-0.25, -0.2) is 4.79 Å². The molecule has 1 fully saturated rings. The second-order valence-corrected chi connectivity index (χ2v) is 8.01. The number of aromatic hydroxyl groups is 1. The van der Waals surface area contributed by atoms with Crippen molar-refractivity contribution in [1.29, 1.82) is 0 Å². The molecule has 2 aromatic rings. The van der Waals surface area contributed by atoms with Gasteiger partial charge in [-0.1, -0.05) is 30.3 Å². The van der Waals surface area contributed by atoms with Crippen LogP contribution in [0.2, 0.25) is 0 Å². The van der Waals surface area contributed by atoms with Crippen LogP contribution in [-0.4, -0.2) is 41.6 Å². The molecule has 148 valence electrons. The molecular weight excluding hydrogens is 471 g/mol. The van der Waals surface area contributed by atoms with Crippen LogP contribution in [-0.2, 0) is 11.3 Å². The molecule has 2 N–H and O–H groups in total. The number of hydrogen-bond acceptors (Lipinski definition) is 4. The average molecular weight is 494 g/mol. The second-order valence-electron chi connectivity index (χ2n) is 6.85. The molecule has 6 nitrogen and oxygen atoms in total. The van der Waals surface area contributed by atoms with E-state index in [-0.39, 0.29) is 24.4 Å². The van der Waals surface area contributed by atoms with Crippen molar-refractivity contribution in [3.63, 3.8) is 0 Å². The molecule has 7 heteroatoms. The SMILES string of the molecule is O=C(NCC1CCN(C(=O)OCc2ccccc2)CC1)c1ccc(O)c(I)c1. The summed E-state index contributed by atoms with van der Waals surface area (Å²) >= 11 is 1.99. The van der Waals surface area contributed by atoms with E-state index in [1.807, 2.05) is 52.9 Å². The fourth-order valence-electron chi connectivity index (χ4n) is 3.12. The van der Waals surface area contributed by atoms with E-state index in [9.17, 15) is 14.7 Å². The minimum atomic E-state index is -0.287. The number of carbonyl (C=O) groups excluding carboxylic acids is 2. The number of amides is 2. The molecule has 0 spiro atoms. The molecule has 2 aromatic carbocycles. The Labute approximate surface area is 178 Å². The maximum absolute atomic E-state index is 12.3. The van der Waals surface area contributed by atoms with Crippen molar-refractivity contribution in [2.75, 3.05) is 19.6 Å². The number of carbonyl (C=O) groups is 2. The van der Waals surface area contributed by atoms with E-state index in [1.54, 1.807) is 17.0 Å². The summed E-state index contributed by atoms with van der Waals surface area (Å²) in [6.07, 6.45) is 1.37. The molecule has 28 heavy (non-hydrogen) atoms. The summed E-state index contributed by atoms with van der Waals surface area (Å²) < 4.78 is 6.02. The van der Waals surface area contributed by atoms with Crippen LogP contribution in [0.1, 0.15) is 28.8 Å². The fourth-order valence-corrected chi connectivity index (χ4v) is 3.63. The Balaban J connectivity index is 1.39. The van der Waals surface area contributed by atoms with Gasteiger partial charge in [0.15, 0.2) is 0 Å². The van der Waals surface area contributed by atoms with Gasteiger partial charge in [-0.05, 0) is 65.1 Å². The quantitative estimate of drug-likeness (QED) is 0.621. The molecule has 0 aromatic heterocycles. The number of nitrogens with one attached hydrogen (secondary N) is 1. The molecule has 0 radical (unpaired) electrons. The van der Waals surface area contributed by atoms with Crippen molar-refractivity contribution >= 4 is 34.6 Å². The Morgan fingerprint density at radius 3 is 2.54 bits per heavy atom. The summed E-state index contributed by atoms with van der Waals surface area (Å²) in [5, 5.41) is 12.5. The van der Waals surface area contributed by atoms with Crippen LogP contribution in [0.15, 0.2) is 48.5 Å². The number of rotatable bonds is 5. The van der Waals surface area contributed by atoms with E-state index in [2.05, 4.69) is 5.32 Å². The van der Waals surface area contributed by atoms with Gasteiger partial charge in [-0.15, -0.1) is 0 Å². The zero-order chi connectivity index (χ0) is 19.9. The van der Waals surface area contributed by atoms with Gasteiger partial charge in [0, 0.05) is 25.2 Å². The maximum Gasteiger partial charge on any atom is 0.410 e. The predicted molar refractivity (Wildman–Crippen MR) is 114 cm³/mol. The van der Waals surface area contributed by atoms with E-state index in [0.29, 0.717) is 34.7 Å². The molecule has 0 unspecified atom stereocenters. The van der Waals surface area contributed by atoms with E-state index >= 15 is 0 Å². The Hall–Kier alpha value is -2.29. The van der Waals surface area contributed by atoms with Crippen LogP contribution < -0.4 is 5.32 Å². The monoisotopic (exact) mass is 494 g/mol. The van der Waals surface area contributed by atoms with Crippen LogP contribution in [0.3, 0.4) is 0 Å². The van der Waals surface area contributed by atoms with Gasteiger partial charge in [-0.3, -0.25) is 4.79 Å². The third-order valence-corrected chi connectivity index (χ3v) is 5.70. The van der Waals surface area contributed by atoms with Crippen molar-refractivity contribution in [2.45, 2.75) is 19.4 Å². The molecule has 0 aliphatic carbocycles. The smallest absolute Gasteiger partial charge is 0.410 e. The molecule has 2 amide bonds. The van der Waals surface area contributed by atoms with Gasteiger partial charge in [0.2, 0.25) is 0 Å². The molecule has 1 aliphatic rings. The highest BCUT2D eigenvalue weighted by atomic mass is 127. The minimum Gasteiger partial charge on any atom is -0.507 e. The molecule has 3 rings (SSSR count). The standard InChI is InChI=1S/C21H23IN2O4/c22-18-12-17(6-7-19(18)25)20(26)23-13-15-8-10-24(11-9-15)21(27)28-14-16-4-2-1-3-5-16/h1-7,12,15,25H,8-11,13-14H2,(H,23,26). The summed E-state index contributed by atoms with van der Waals surface area (Å²) in [7, 11) is 0. The third kappa shape index (κ3) is 5.60. The van der Waals surface area contributed by atoms with E-state index in [0.717, 1.165) is 18.4 Å². The number of likely N-dealkylation sites (tertiary alicyclic amines) is 1. The first-order chi connectivity index (χ1) is 13.5. The van der Waals surface area contributed by atoms with Gasteiger partial charge < -0.3 is 20.1 Å². The van der Waals surface area contributed by atoms with Crippen LogP contribution in [0.25, 0.3) is 0 Å². The van der Waals surface area contributed by atoms with E-state index in [1.165, 1.54) is 6.07 Å². The van der Waals surface area contributed by atoms with Crippen molar-refractivity contribution < 1.29 is 19.4 Å². The van der Waals surface area contributed by atoms with Gasteiger partial charge in [0.25, 0.3) is 5.91 Å². The first kappa shape index (κ1) is 20.4. The van der Waals surface area contributed by atoms with Crippen molar-refractivity contribution in [3.8, 4) is 5.75 Å². The molecule has 1 saturated heterocycles. The summed E-state index contributed by atoms with van der Waals surface area (Å²) in [6, 6.07) is 14.4. The normalized spacial score (nSPS) is 14.5. The lowest BCUT2D eigenvalue weighted by Crippen LogP contribution is -2.41. The van der Waals surface area contributed by atoms with Crippen LogP contribution in [0.4, 0.5) is 4.79 Å². The summed E-state index contributed by atoms with van der Waals surface area (Å²) in [5.74, 6) is 0.351.